The normalized spacial score (nSPS) is 15.3. The van der Waals surface area contributed by atoms with Crippen molar-refractivity contribution in [2.45, 2.75) is 108 Å². The molecule has 2 aliphatic heterocycles. The van der Waals surface area contributed by atoms with Crippen LogP contribution in [0.4, 0.5) is 8.78 Å². The molecule has 4 aromatic carbocycles. The molecule has 4 heterocycles. The number of rotatable bonds is 21. The third kappa shape index (κ3) is 17.6. The summed E-state index contributed by atoms with van der Waals surface area (Å²) >= 11 is 11.6. The quantitative estimate of drug-likeness (QED) is 0.0347. The van der Waals surface area contributed by atoms with E-state index in [2.05, 4.69) is 67.1 Å². The second-order valence-electron chi connectivity index (χ2n) is 22.9. The maximum Gasteiger partial charge on any atom is 0.269 e. The van der Waals surface area contributed by atoms with Gasteiger partial charge < -0.3 is 51.9 Å². The molecular formula is C61H73Cl2F2N17O8. The van der Waals surface area contributed by atoms with Gasteiger partial charge in [-0.15, -0.1) is 0 Å². The molecule has 2 aliphatic carbocycles. The second kappa shape index (κ2) is 30.8. The molecule has 0 spiro atoms. The van der Waals surface area contributed by atoms with Gasteiger partial charge in [0.05, 0.1) is 40.6 Å². The Bertz CT molecular complexity index is 3720. The number of azide groups is 1. The first-order valence-corrected chi connectivity index (χ1v) is 30.3. The number of primary amides is 2. The van der Waals surface area contributed by atoms with Crippen LogP contribution in [0.5, 0.6) is 0 Å². The number of nitrogens with two attached hydrogens (primary N) is 2. The summed E-state index contributed by atoms with van der Waals surface area (Å²) in [6.45, 7) is 3.26. The van der Waals surface area contributed by atoms with E-state index in [9.17, 15) is 47.1 Å². The van der Waals surface area contributed by atoms with Gasteiger partial charge in [0.25, 0.3) is 11.8 Å². The van der Waals surface area contributed by atoms with Gasteiger partial charge in [-0.1, -0.05) is 53.5 Å². The van der Waals surface area contributed by atoms with Gasteiger partial charge in [-0.25, -0.2) is 8.78 Å². The topological polar surface area (TPSA) is 325 Å². The number of piperidine rings is 2. The number of nitrogens with one attached hydrogen (secondary N) is 3. The van der Waals surface area contributed by atoms with E-state index in [0.29, 0.717) is 22.0 Å². The molecule has 0 bridgehead atoms. The van der Waals surface area contributed by atoms with Crippen molar-refractivity contribution >= 4 is 92.3 Å². The molecule has 4 aliphatic rings. The lowest BCUT2D eigenvalue weighted by molar-refractivity contribution is -0.137. The fourth-order valence-electron chi connectivity index (χ4n) is 10.8. The van der Waals surface area contributed by atoms with E-state index in [-0.39, 0.29) is 119 Å². The lowest BCUT2D eigenvalue weighted by Crippen LogP contribution is -2.44. The van der Waals surface area contributed by atoms with Crippen molar-refractivity contribution in [3.05, 3.63) is 139 Å². The number of aromatic nitrogens is 4. The SMILES string of the molecule is CN1CCC(N(C)C(=O)Cc2ccc3c(c2)c(C(N)=O)nn3CC(=O)N(CC(=O)NCc2cccc(Cl)c2F)C2CC2)CC1.CNC1CCN(C)CC1.[N-]=[N+]=NC(=O)c1ccc2c(c1)c(C(N)=O)nn2CC(=O)N(CC(=O)NCc1cccc(Cl)c1F)C1CC1. The summed E-state index contributed by atoms with van der Waals surface area (Å²) in [7, 11) is 8.14. The van der Waals surface area contributed by atoms with Gasteiger partial charge in [0, 0.05) is 76.7 Å². The van der Waals surface area contributed by atoms with Gasteiger partial charge >= 0.3 is 0 Å². The maximum absolute atomic E-state index is 14.2. The number of likely N-dealkylation sites (tertiary alicyclic amines) is 2. The van der Waals surface area contributed by atoms with E-state index in [0.717, 1.165) is 57.7 Å². The fourth-order valence-corrected chi connectivity index (χ4v) is 11.2. The maximum atomic E-state index is 14.2. The van der Waals surface area contributed by atoms with Crippen LogP contribution in [-0.4, -0.2) is 183 Å². The number of benzene rings is 4. The van der Waals surface area contributed by atoms with Crippen LogP contribution >= 0.6 is 23.2 Å². The Morgan fingerprint density at radius 1 is 0.644 bits per heavy atom. The zero-order valence-corrected chi connectivity index (χ0v) is 52.0. The Morgan fingerprint density at radius 2 is 1.10 bits per heavy atom. The van der Waals surface area contributed by atoms with Crippen molar-refractivity contribution in [1.82, 2.24) is 60.0 Å². The van der Waals surface area contributed by atoms with E-state index in [1.54, 1.807) is 30.3 Å². The van der Waals surface area contributed by atoms with Crippen LogP contribution in [-0.2, 0) is 56.6 Å². The number of carbonyl (C=O) groups is 8. The molecular weight excluding hydrogens is 1210 g/mol. The Kier molecular flexibility index (Phi) is 23.0. The van der Waals surface area contributed by atoms with Gasteiger partial charge in [0.2, 0.25) is 35.4 Å². The van der Waals surface area contributed by atoms with E-state index in [4.69, 9.17) is 40.2 Å². The van der Waals surface area contributed by atoms with Crippen molar-refractivity contribution in [2.24, 2.45) is 16.6 Å². The van der Waals surface area contributed by atoms with E-state index < -0.39 is 47.1 Å². The predicted octanol–water partition coefficient (Wildman–Crippen LogP) is 5.32. The van der Waals surface area contributed by atoms with Crippen molar-refractivity contribution in [2.75, 3.05) is 67.5 Å². The molecule has 2 saturated heterocycles. The molecule has 6 aromatic rings. The Balaban J connectivity index is 0.000000206. The monoisotopic (exact) mass is 1280 g/mol. The zero-order valence-electron chi connectivity index (χ0n) is 50.5. The largest absolute Gasteiger partial charge is 0.364 e. The molecule has 25 nitrogen and oxygen atoms in total. The molecule has 0 unspecified atom stereocenters. The second-order valence-corrected chi connectivity index (χ2v) is 23.7. The molecule has 2 aromatic heterocycles. The van der Waals surface area contributed by atoms with E-state index >= 15 is 0 Å². The average molecular weight is 1280 g/mol. The third-order valence-corrected chi connectivity index (χ3v) is 16.9. The summed E-state index contributed by atoms with van der Waals surface area (Å²) < 4.78 is 31.0. The van der Waals surface area contributed by atoms with Crippen molar-refractivity contribution in [3.63, 3.8) is 0 Å². The Morgan fingerprint density at radius 3 is 1.54 bits per heavy atom. The number of nitrogens with zero attached hydrogens (tertiary/aromatic N) is 12. The first-order chi connectivity index (χ1) is 43.0. The number of fused-ring (bicyclic) bond motifs is 2. The number of carbonyl (C=O) groups excluding carboxylic acids is 8. The molecule has 10 rings (SSSR count). The van der Waals surface area contributed by atoms with Gasteiger partial charge in [-0.3, -0.25) is 47.7 Å². The van der Waals surface area contributed by atoms with Crippen molar-refractivity contribution in [3.8, 4) is 0 Å². The van der Waals surface area contributed by atoms with Crippen LogP contribution in [0.3, 0.4) is 0 Å². The number of hydrogen-bond acceptors (Lipinski definition) is 13. The highest BCUT2D eigenvalue weighted by atomic mass is 35.5. The minimum absolute atomic E-state index is 0.00466. The summed E-state index contributed by atoms with van der Waals surface area (Å²) in [5.41, 5.74) is 21.4. The molecule has 2 saturated carbocycles. The van der Waals surface area contributed by atoms with Crippen molar-refractivity contribution < 1.29 is 47.1 Å². The Labute approximate surface area is 527 Å². The van der Waals surface area contributed by atoms with Gasteiger partial charge in [0.1, 0.15) is 24.7 Å². The molecule has 4 fully saturated rings. The highest BCUT2D eigenvalue weighted by Gasteiger charge is 2.36. The molecule has 0 radical (unpaired) electrons. The summed E-state index contributed by atoms with van der Waals surface area (Å²) in [4.78, 5) is 113. The molecule has 8 amide bonds. The van der Waals surface area contributed by atoms with Crippen LogP contribution in [0.25, 0.3) is 32.2 Å². The van der Waals surface area contributed by atoms with Gasteiger partial charge in [-0.05, 0) is 157 Å². The Hall–Kier alpha value is -8.59. The van der Waals surface area contributed by atoms with Crippen LogP contribution in [0.15, 0.2) is 77.9 Å². The molecule has 478 valence electrons. The van der Waals surface area contributed by atoms with Crippen LogP contribution in [0.1, 0.15) is 99.4 Å². The number of likely N-dealkylation sites (N-methyl/N-ethyl adjacent to an activating group) is 1. The van der Waals surface area contributed by atoms with Crippen LogP contribution < -0.4 is 27.4 Å². The van der Waals surface area contributed by atoms with Gasteiger partial charge in [0.15, 0.2) is 11.4 Å². The molecule has 7 N–H and O–H groups in total. The van der Waals surface area contributed by atoms with Crippen LogP contribution in [0, 0.1) is 11.6 Å². The third-order valence-electron chi connectivity index (χ3n) is 16.4. The fraction of sp³-hybridized carbons (Fsp3) is 0.443. The van der Waals surface area contributed by atoms with E-state index in [1.807, 2.05) is 11.9 Å². The average Bonchev–Trinajstić information content (AvgIpc) is 1.80. The predicted molar refractivity (Wildman–Crippen MR) is 333 cm³/mol. The standard InChI is InChI=1S/C31H37ClFN7O4.C23H20ClFN8O4.C7H16N2/c1-37-12-10-21(11-13-37)38(2)27(42)15-19-6-9-25-23(14-19)30(31(34)44)36-40(25)18-28(43)39(22-7-8-22)17-26(41)35-16-20-4-3-5-24(32)29(20)33;24-16-3-1-2-13(20(16)25)9-28-18(34)10-32(14-5-6-14)19(35)11-33-17-7-4-12(23(37)29-31-27)8-15(17)21(30-33)22(26)36;1-8-7-3-5-9(2)6-4-7/h3-6,9,14,21-22H,7-8,10-13,15-18H2,1-2H3,(H2,34,44)(H,35,41);1-4,7-8,14H,5-6,9-11H2,(H2,26,36)(H,28,34);7-8H,3-6H2,1-2H3. The van der Waals surface area contributed by atoms with Gasteiger partial charge in [-0.2, -0.15) is 10.2 Å². The number of halogens is 4. The van der Waals surface area contributed by atoms with Crippen molar-refractivity contribution in [1.29, 1.82) is 0 Å². The lowest BCUT2D eigenvalue weighted by atomic mass is 10.0. The minimum atomic E-state index is -0.878. The highest BCUT2D eigenvalue weighted by molar-refractivity contribution is 6.31. The first-order valence-electron chi connectivity index (χ1n) is 29.5. The summed E-state index contributed by atoms with van der Waals surface area (Å²) in [6, 6.07) is 19.1. The van der Waals surface area contributed by atoms with Crippen LogP contribution in [0.2, 0.25) is 10.0 Å². The summed E-state index contributed by atoms with van der Waals surface area (Å²) in [6.07, 6.45) is 7.59. The summed E-state index contributed by atoms with van der Waals surface area (Å²) in [5, 5.41) is 20.6. The lowest BCUT2D eigenvalue weighted by Gasteiger charge is -2.35. The molecule has 90 heavy (non-hydrogen) atoms. The first kappa shape index (κ1) is 67.3. The minimum Gasteiger partial charge on any atom is -0.364 e. The summed E-state index contributed by atoms with van der Waals surface area (Å²) in [5.74, 6) is -5.42. The molecule has 29 heteroatoms. The smallest absolute Gasteiger partial charge is 0.269 e. The highest BCUT2D eigenvalue weighted by Crippen LogP contribution is 2.30. The number of hydrogen-bond donors (Lipinski definition) is 5. The molecule has 0 atom stereocenters. The number of amides is 8. The van der Waals surface area contributed by atoms with E-state index in [1.165, 1.54) is 87.6 Å². The zero-order chi connectivity index (χ0) is 64.9.